The molecule has 0 saturated carbocycles. The maximum absolute atomic E-state index is 5.59. The fraction of sp³-hybridized carbons (Fsp3) is 0.389. The van der Waals surface area contributed by atoms with Gasteiger partial charge in [-0.25, -0.2) is 0 Å². The Bertz CT molecular complexity index is 779. The van der Waals surface area contributed by atoms with Crippen LogP contribution in [0.3, 0.4) is 0 Å². The third-order valence-electron chi connectivity index (χ3n) is 4.70. The highest BCUT2D eigenvalue weighted by molar-refractivity contribution is 5.27. The quantitative estimate of drug-likeness (QED) is 0.742. The highest BCUT2D eigenvalue weighted by Crippen LogP contribution is 2.25. The van der Waals surface area contributed by atoms with Gasteiger partial charge in [0, 0.05) is 48.6 Å². The van der Waals surface area contributed by atoms with Crippen LogP contribution in [0.2, 0.25) is 0 Å². The van der Waals surface area contributed by atoms with Crippen molar-refractivity contribution in [3.8, 4) is 0 Å². The van der Waals surface area contributed by atoms with Crippen LogP contribution in [0.25, 0.3) is 0 Å². The normalized spacial score (nSPS) is 15.0. The highest BCUT2D eigenvalue weighted by Gasteiger charge is 2.24. The van der Waals surface area contributed by atoms with E-state index in [1.807, 2.05) is 12.3 Å². The molecule has 23 heavy (non-hydrogen) atoms. The number of hydrogen-bond donors (Lipinski definition) is 0. The molecule has 1 aliphatic rings. The first-order chi connectivity index (χ1) is 11.2. The van der Waals surface area contributed by atoms with Crippen LogP contribution >= 0.6 is 0 Å². The number of fused-ring (bicyclic) bond motifs is 1. The van der Waals surface area contributed by atoms with Crippen molar-refractivity contribution in [3.05, 3.63) is 64.7 Å². The van der Waals surface area contributed by atoms with E-state index in [1.54, 1.807) is 6.26 Å². The Balaban J connectivity index is 1.55. The number of aryl methyl sites for hydroxylation is 2. The largest absolute Gasteiger partial charge is 0.472 e. The van der Waals surface area contributed by atoms with Crippen LogP contribution < -0.4 is 0 Å². The second-order valence-electron chi connectivity index (χ2n) is 6.33. The first-order valence-corrected chi connectivity index (χ1v) is 8.03. The molecule has 0 fully saturated rings. The molecule has 0 spiro atoms. The summed E-state index contributed by atoms with van der Waals surface area (Å²) in [6.07, 6.45) is 4.47. The van der Waals surface area contributed by atoms with Gasteiger partial charge in [0.15, 0.2) is 0 Å². The monoisotopic (exact) mass is 311 g/mol. The lowest BCUT2D eigenvalue weighted by molar-refractivity contribution is 0.228. The van der Waals surface area contributed by atoms with Crippen molar-refractivity contribution in [2.45, 2.75) is 39.9 Å². The zero-order chi connectivity index (χ0) is 15.8. The van der Waals surface area contributed by atoms with Gasteiger partial charge in [-0.15, -0.1) is 0 Å². The minimum Gasteiger partial charge on any atom is -0.472 e. The Morgan fingerprint density at radius 3 is 2.70 bits per heavy atom. The molecule has 3 aromatic rings. The maximum atomic E-state index is 5.59. The van der Waals surface area contributed by atoms with E-state index in [9.17, 15) is 0 Å². The lowest BCUT2D eigenvalue weighted by Crippen LogP contribution is -2.30. The minimum atomic E-state index is 0.781. The van der Waals surface area contributed by atoms with Gasteiger partial charge in [-0.3, -0.25) is 4.90 Å². The van der Waals surface area contributed by atoms with E-state index < -0.39 is 0 Å². The van der Waals surface area contributed by atoms with Crippen molar-refractivity contribution < 1.29 is 8.94 Å². The summed E-state index contributed by atoms with van der Waals surface area (Å²) in [5.41, 5.74) is 6.03. The van der Waals surface area contributed by atoms with Crippen molar-refractivity contribution in [2.24, 2.45) is 0 Å². The molecule has 4 rings (SSSR count). The average Bonchev–Trinajstić information content (AvgIpc) is 3.26. The fourth-order valence-electron chi connectivity index (χ4n) is 3.32. The predicted molar refractivity (Wildman–Crippen MR) is 86.0 cm³/mol. The smallest absolute Gasteiger partial charge is 0.142 e. The topological polar surface area (TPSA) is 47.3 Å². The van der Waals surface area contributed by atoms with Gasteiger partial charge < -0.3 is 13.5 Å². The predicted octanol–water partition coefficient (Wildman–Crippen LogP) is 3.29. The maximum Gasteiger partial charge on any atom is 0.142 e. The Hall–Kier alpha value is -2.27. The summed E-state index contributed by atoms with van der Waals surface area (Å²) >= 11 is 0. The molecular formula is C18H21N3O2. The second-order valence-corrected chi connectivity index (χ2v) is 6.33. The van der Waals surface area contributed by atoms with Crippen molar-refractivity contribution >= 4 is 0 Å². The Morgan fingerprint density at radius 2 is 1.96 bits per heavy atom. The van der Waals surface area contributed by atoms with Crippen molar-refractivity contribution in [2.75, 3.05) is 6.54 Å². The molecule has 0 atom stereocenters. The third-order valence-corrected chi connectivity index (χ3v) is 4.70. The summed E-state index contributed by atoms with van der Waals surface area (Å²) in [7, 11) is 0. The molecule has 0 N–H and O–H groups in total. The van der Waals surface area contributed by atoms with E-state index in [4.69, 9.17) is 8.94 Å². The fourth-order valence-corrected chi connectivity index (χ4v) is 3.32. The van der Waals surface area contributed by atoms with E-state index in [-0.39, 0.29) is 0 Å². The van der Waals surface area contributed by atoms with Crippen molar-refractivity contribution in [1.29, 1.82) is 0 Å². The molecule has 1 aliphatic heterocycles. The molecule has 0 amide bonds. The molecule has 4 heterocycles. The van der Waals surface area contributed by atoms with E-state index in [0.29, 0.717) is 0 Å². The average molecular weight is 311 g/mol. The lowest BCUT2D eigenvalue weighted by atomic mass is 10.1. The van der Waals surface area contributed by atoms with Gasteiger partial charge in [-0.05, 0) is 32.0 Å². The number of rotatable bonds is 4. The van der Waals surface area contributed by atoms with Crippen LogP contribution in [0.15, 0.2) is 39.7 Å². The molecule has 0 aromatic carbocycles. The minimum absolute atomic E-state index is 0.781. The van der Waals surface area contributed by atoms with Gasteiger partial charge in [0.25, 0.3) is 0 Å². The molecule has 5 nitrogen and oxygen atoms in total. The van der Waals surface area contributed by atoms with Gasteiger partial charge in [0.1, 0.15) is 11.5 Å². The zero-order valence-corrected chi connectivity index (χ0v) is 13.6. The van der Waals surface area contributed by atoms with Crippen LogP contribution in [-0.4, -0.2) is 21.2 Å². The van der Waals surface area contributed by atoms with E-state index >= 15 is 0 Å². The summed E-state index contributed by atoms with van der Waals surface area (Å²) in [6.45, 7) is 7.83. The molecule has 0 aliphatic carbocycles. The molecule has 120 valence electrons. The Labute approximate surface area is 135 Å². The molecule has 0 radical (unpaired) electrons. The molecule has 0 bridgehead atoms. The van der Waals surface area contributed by atoms with Gasteiger partial charge in [0.05, 0.1) is 19.1 Å². The van der Waals surface area contributed by atoms with E-state index in [2.05, 4.69) is 40.6 Å². The summed E-state index contributed by atoms with van der Waals surface area (Å²) in [4.78, 5) is 2.42. The lowest BCUT2D eigenvalue weighted by Gasteiger charge is -2.25. The second kappa shape index (κ2) is 5.74. The molecule has 0 unspecified atom stereocenters. The number of furan rings is 1. The van der Waals surface area contributed by atoms with Crippen LogP contribution in [-0.2, 0) is 26.1 Å². The Morgan fingerprint density at radius 1 is 1.13 bits per heavy atom. The summed E-state index contributed by atoms with van der Waals surface area (Å²) in [5, 5.41) is 4.35. The standard InChI is InChI=1S/C18H21N3O2/c1-13-3-4-14(2)21(13)11-17-16-10-20(7-5-18(16)23-19-17)9-15-6-8-22-12-15/h3-4,6,8,12H,5,7,9-11H2,1-2H3. The highest BCUT2D eigenvalue weighted by atomic mass is 16.5. The molecule has 0 saturated heterocycles. The van der Waals surface area contributed by atoms with Gasteiger partial charge >= 0.3 is 0 Å². The summed E-state index contributed by atoms with van der Waals surface area (Å²) in [5.74, 6) is 1.05. The first kappa shape index (κ1) is 14.3. The summed E-state index contributed by atoms with van der Waals surface area (Å²) in [6, 6.07) is 6.32. The van der Waals surface area contributed by atoms with E-state index in [0.717, 1.165) is 44.1 Å². The van der Waals surface area contributed by atoms with Crippen LogP contribution in [0.4, 0.5) is 0 Å². The molecular weight excluding hydrogens is 290 g/mol. The SMILES string of the molecule is Cc1ccc(C)n1Cc1noc2c1CN(Cc1ccoc1)CC2. The van der Waals surface area contributed by atoms with Gasteiger partial charge in [-0.1, -0.05) is 5.16 Å². The van der Waals surface area contributed by atoms with Gasteiger partial charge in [-0.2, -0.15) is 0 Å². The number of hydrogen-bond acceptors (Lipinski definition) is 4. The third kappa shape index (κ3) is 2.72. The number of nitrogens with zero attached hydrogens (tertiary/aromatic N) is 3. The zero-order valence-electron chi connectivity index (χ0n) is 13.6. The summed E-state index contributed by atoms with van der Waals surface area (Å²) < 4.78 is 13.0. The van der Waals surface area contributed by atoms with Crippen molar-refractivity contribution in [3.63, 3.8) is 0 Å². The first-order valence-electron chi connectivity index (χ1n) is 8.03. The van der Waals surface area contributed by atoms with Crippen LogP contribution in [0.1, 0.15) is 34.0 Å². The van der Waals surface area contributed by atoms with Crippen LogP contribution in [0.5, 0.6) is 0 Å². The van der Waals surface area contributed by atoms with Crippen molar-refractivity contribution in [1.82, 2.24) is 14.6 Å². The molecule has 5 heteroatoms. The van der Waals surface area contributed by atoms with Crippen LogP contribution in [0, 0.1) is 13.8 Å². The molecule has 3 aromatic heterocycles. The Kier molecular flexibility index (Phi) is 3.58. The van der Waals surface area contributed by atoms with Gasteiger partial charge in [0.2, 0.25) is 0 Å². The number of aromatic nitrogens is 2. The van der Waals surface area contributed by atoms with E-state index in [1.165, 1.54) is 22.5 Å².